The van der Waals surface area contributed by atoms with Crippen LogP contribution in [0.2, 0.25) is 0 Å². The van der Waals surface area contributed by atoms with Crippen LogP contribution in [-0.2, 0) is 7.05 Å². The second-order valence-electron chi connectivity index (χ2n) is 4.52. The molecule has 0 saturated carbocycles. The van der Waals surface area contributed by atoms with Crippen LogP contribution in [0, 0.1) is 0 Å². The van der Waals surface area contributed by atoms with Crippen LogP contribution in [0.4, 0.5) is 0 Å². The summed E-state index contributed by atoms with van der Waals surface area (Å²) in [6, 6.07) is 8.78. The van der Waals surface area contributed by atoms with Gasteiger partial charge in [0.25, 0.3) is 0 Å². The molecule has 3 nitrogen and oxygen atoms in total. The topological polar surface area (TPSA) is 29.9 Å². The van der Waals surface area contributed by atoms with Gasteiger partial charge in [-0.2, -0.15) is 0 Å². The lowest BCUT2D eigenvalue weighted by atomic mass is 10.0. The van der Waals surface area contributed by atoms with Crippen LogP contribution in [0.1, 0.15) is 31.1 Å². The maximum atomic E-state index is 4.74. The van der Waals surface area contributed by atoms with E-state index in [0.717, 1.165) is 12.1 Å². The maximum absolute atomic E-state index is 4.74. The Morgan fingerprint density at radius 2 is 2.19 bits per heavy atom. The Hall–Kier alpha value is -1.35. The number of benzene rings is 1. The third-order valence-electron chi connectivity index (χ3n) is 3.44. The zero-order chi connectivity index (χ0) is 11.0. The van der Waals surface area contributed by atoms with Gasteiger partial charge in [0.15, 0.2) is 0 Å². The van der Waals surface area contributed by atoms with Crippen molar-refractivity contribution in [2.24, 2.45) is 7.05 Å². The molecule has 16 heavy (non-hydrogen) atoms. The highest BCUT2D eigenvalue weighted by atomic mass is 15.1. The van der Waals surface area contributed by atoms with Crippen molar-refractivity contribution < 1.29 is 0 Å². The number of hydrogen-bond donors (Lipinski definition) is 1. The van der Waals surface area contributed by atoms with Crippen LogP contribution in [0.15, 0.2) is 24.3 Å². The lowest BCUT2D eigenvalue weighted by Crippen LogP contribution is -2.28. The van der Waals surface area contributed by atoms with E-state index < -0.39 is 0 Å². The molecule has 3 heteroatoms. The Balaban J connectivity index is 2.05. The fourth-order valence-corrected chi connectivity index (χ4v) is 2.55. The molecule has 0 spiro atoms. The Labute approximate surface area is 95.5 Å². The molecule has 1 aromatic heterocycles. The molecule has 1 fully saturated rings. The number of imidazole rings is 1. The van der Waals surface area contributed by atoms with Gasteiger partial charge in [-0.25, -0.2) is 4.98 Å². The Morgan fingerprint density at radius 1 is 1.31 bits per heavy atom. The number of hydrogen-bond acceptors (Lipinski definition) is 2. The van der Waals surface area contributed by atoms with Gasteiger partial charge in [0, 0.05) is 7.05 Å². The highest BCUT2D eigenvalue weighted by Gasteiger charge is 2.20. The van der Waals surface area contributed by atoms with Gasteiger partial charge in [-0.1, -0.05) is 18.6 Å². The monoisotopic (exact) mass is 215 g/mol. The molecular weight excluding hydrogens is 198 g/mol. The van der Waals surface area contributed by atoms with Gasteiger partial charge in [0.1, 0.15) is 5.82 Å². The third-order valence-corrected chi connectivity index (χ3v) is 3.44. The Kier molecular flexibility index (Phi) is 2.40. The molecular formula is C13H17N3. The van der Waals surface area contributed by atoms with Crippen molar-refractivity contribution in [2.45, 2.75) is 25.3 Å². The molecule has 2 aromatic rings. The first-order valence-electron chi connectivity index (χ1n) is 6.01. The van der Waals surface area contributed by atoms with E-state index >= 15 is 0 Å². The average molecular weight is 215 g/mol. The predicted molar refractivity (Wildman–Crippen MR) is 65.3 cm³/mol. The van der Waals surface area contributed by atoms with Crippen LogP contribution in [0.5, 0.6) is 0 Å². The molecule has 3 rings (SSSR count). The molecule has 0 radical (unpaired) electrons. The summed E-state index contributed by atoms with van der Waals surface area (Å²) in [5.74, 6) is 1.18. The number of nitrogens with one attached hydrogen (secondary N) is 1. The number of aryl methyl sites for hydroxylation is 1. The minimum atomic E-state index is 0.436. The Morgan fingerprint density at radius 3 is 2.94 bits per heavy atom. The number of aromatic nitrogens is 2. The van der Waals surface area contributed by atoms with Gasteiger partial charge in [-0.15, -0.1) is 0 Å². The summed E-state index contributed by atoms with van der Waals surface area (Å²) in [6.07, 6.45) is 3.80. The zero-order valence-corrected chi connectivity index (χ0v) is 9.61. The van der Waals surface area contributed by atoms with E-state index in [4.69, 9.17) is 4.98 Å². The number of para-hydroxylation sites is 2. The minimum Gasteiger partial charge on any atom is -0.330 e. The molecule has 1 aliphatic heterocycles. The van der Waals surface area contributed by atoms with Crippen LogP contribution in [0.25, 0.3) is 11.0 Å². The predicted octanol–water partition coefficient (Wildman–Crippen LogP) is 2.39. The summed E-state index contributed by atoms with van der Waals surface area (Å²) in [7, 11) is 2.11. The first kappa shape index (κ1) is 9.85. The maximum Gasteiger partial charge on any atom is 0.126 e. The highest BCUT2D eigenvalue weighted by molar-refractivity contribution is 5.75. The molecule has 0 amide bonds. The first-order valence-corrected chi connectivity index (χ1v) is 6.01. The zero-order valence-electron chi connectivity index (χ0n) is 9.61. The lowest BCUT2D eigenvalue weighted by molar-refractivity contribution is 0.392. The first-order chi connectivity index (χ1) is 7.86. The van der Waals surface area contributed by atoms with Crippen molar-refractivity contribution >= 4 is 11.0 Å². The molecule has 1 saturated heterocycles. The third kappa shape index (κ3) is 1.52. The van der Waals surface area contributed by atoms with Crippen LogP contribution >= 0.6 is 0 Å². The van der Waals surface area contributed by atoms with Crippen molar-refractivity contribution in [1.29, 1.82) is 0 Å². The molecule has 1 N–H and O–H groups in total. The summed E-state index contributed by atoms with van der Waals surface area (Å²) in [6.45, 7) is 1.12. The van der Waals surface area contributed by atoms with Gasteiger partial charge in [0.05, 0.1) is 17.1 Å². The van der Waals surface area contributed by atoms with Crippen LogP contribution < -0.4 is 5.32 Å². The molecule has 1 atom stereocenters. The lowest BCUT2D eigenvalue weighted by Gasteiger charge is -2.22. The molecule has 2 heterocycles. The van der Waals surface area contributed by atoms with Gasteiger partial charge in [-0.05, 0) is 31.5 Å². The molecule has 84 valence electrons. The van der Waals surface area contributed by atoms with Crippen molar-refractivity contribution in [2.75, 3.05) is 6.54 Å². The van der Waals surface area contributed by atoms with Crippen molar-refractivity contribution in [1.82, 2.24) is 14.9 Å². The van der Waals surface area contributed by atoms with E-state index in [1.807, 2.05) is 6.07 Å². The summed E-state index contributed by atoms with van der Waals surface area (Å²) in [5, 5.41) is 3.55. The molecule has 0 bridgehead atoms. The second-order valence-corrected chi connectivity index (χ2v) is 4.52. The van der Waals surface area contributed by atoms with Crippen molar-refractivity contribution in [3.05, 3.63) is 30.1 Å². The van der Waals surface area contributed by atoms with E-state index in [1.165, 1.54) is 30.6 Å². The average Bonchev–Trinajstić information content (AvgIpc) is 2.69. The summed E-state index contributed by atoms with van der Waals surface area (Å²) >= 11 is 0. The smallest absolute Gasteiger partial charge is 0.126 e. The van der Waals surface area contributed by atoms with Crippen LogP contribution in [0.3, 0.4) is 0 Å². The normalized spacial score (nSPS) is 21.4. The number of piperidine rings is 1. The number of rotatable bonds is 1. The summed E-state index contributed by atoms with van der Waals surface area (Å²) < 4.78 is 2.22. The highest BCUT2D eigenvalue weighted by Crippen LogP contribution is 2.25. The minimum absolute atomic E-state index is 0.436. The fourth-order valence-electron chi connectivity index (χ4n) is 2.55. The molecule has 1 aromatic carbocycles. The van der Waals surface area contributed by atoms with E-state index in [9.17, 15) is 0 Å². The summed E-state index contributed by atoms with van der Waals surface area (Å²) in [4.78, 5) is 4.74. The SMILES string of the molecule is Cn1c([C@H]2CCCCN2)nc2ccccc21. The molecule has 1 aliphatic rings. The van der Waals surface area contributed by atoms with Gasteiger partial charge in [0.2, 0.25) is 0 Å². The largest absolute Gasteiger partial charge is 0.330 e. The van der Waals surface area contributed by atoms with E-state index in [1.54, 1.807) is 0 Å². The molecule has 0 aliphatic carbocycles. The fraction of sp³-hybridized carbons (Fsp3) is 0.462. The van der Waals surface area contributed by atoms with Gasteiger partial charge in [-0.3, -0.25) is 0 Å². The van der Waals surface area contributed by atoms with Crippen LogP contribution in [-0.4, -0.2) is 16.1 Å². The van der Waals surface area contributed by atoms with Crippen molar-refractivity contribution in [3.8, 4) is 0 Å². The Bertz CT molecular complexity index is 495. The van der Waals surface area contributed by atoms with E-state index in [0.29, 0.717) is 6.04 Å². The molecule has 0 unspecified atom stereocenters. The van der Waals surface area contributed by atoms with Gasteiger partial charge < -0.3 is 9.88 Å². The number of fused-ring (bicyclic) bond motifs is 1. The summed E-state index contributed by atoms with van der Waals surface area (Å²) in [5.41, 5.74) is 2.33. The van der Waals surface area contributed by atoms with E-state index in [-0.39, 0.29) is 0 Å². The van der Waals surface area contributed by atoms with Crippen molar-refractivity contribution in [3.63, 3.8) is 0 Å². The number of nitrogens with zero attached hydrogens (tertiary/aromatic N) is 2. The van der Waals surface area contributed by atoms with E-state index in [2.05, 4.69) is 35.1 Å². The van der Waals surface area contributed by atoms with Gasteiger partial charge >= 0.3 is 0 Å². The standard InChI is InChI=1S/C13H17N3/c1-16-12-8-3-2-6-10(12)15-13(16)11-7-4-5-9-14-11/h2-3,6,8,11,14H,4-5,7,9H2,1H3/t11-/m1/s1. The quantitative estimate of drug-likeness (QED) is 0.791. The second kappa shape index (κ2) is 3.91.